The van der Waals surface area contributed by atoms with Crippen LogP contribution >= 0.6 is 27.3 Å². The SMILES string of the molecule is CCOc1ccc(NC(=O)/C(C#N)=C/c2cc(Br)cs2)cc1. The largest absolute Gasteiger partial charge is 0.494 e. The van der Waals surface area contributed by atoms with Gasteiger partial charge in [0.1, 0.15) is 17.4 Å². The van der Waals surface area contributed by atoms with E-state index in [1.54, 1.807) is 30.3 Å². The molecule has 0 saturated heterocycles. The molecule has 0 unspecified atom stereocenters. The maximum Gasteiger partial charge on any atom is 0.266 e. The van der Waals surface area contributed by atoms with E-state index in [9.17, 15) is 4.79 Å². The second-order valence-electron chi connectivity index (χ2n) is 4.25. The summed E-state index contributed by atoms with van der Waals surface area (Å²) < 4.78 is 6.26. The molecule has 1 heterocycles. The topological polar surface area (TPSA) is 62.1 Å². The number of halogens is 1. The number of carbonyl (C=O) groups is 1. The molecule has 112 valence electrons. The van der Waals surface area contributed by atoms with E-state index in [4.69, 9.17) is 10.00 Å². The van der Waals surface area contributed by atoms with Crippen LogP contribution in [0.1, 0.15) is 11.8 Å². The highest BCUT2D eigenvalue weighted by Gasteiger charge is 2.10. The standard InChI is InChI=1S/C16H13BrN2O2S/c1-2-21-14-5-3-13(4-6-14)19-16(20)11(9-18)7-15-8-12(17)10-22-15/h3-8,10H,2H2,1H3,(H,19,20)/b11-7+. The molecule has 4 nitrogen and oxygen atoms in total. The molecule has 0 fully saturated rings. The van der Waals surface area contributed by atoms with Crippen molar-refractivity contribution in [3.63, 3.8) is 0 Å². The molecule has 1 N–H and O–H groups in total. The van der Waals surface area contributed by atoms with Gasteiger partial charge in [-0.25, -0.2) is 0 Å². The maximum absolute atomic E-state index is 12.1. The van der Waals surface area contributed by atoms with Crippen molar-refractivity contribution in [1.82, 2.24) is 0 Å². The summed E-state index contributed by atoms with van der Waals surface area (Å²) in [6.07, 6.45) is 1.57. The van der Waals surface area contributed by atoms with Crippen LogP contribution in [0.2, 0.25) is 0 Å². The van der Waals surface area contributed by atoms with Crippen molar-refractivity contribution in [3.8, 4) is 11.8 Å². The summed E-state index contributed by atoms with van der Waals surface area (Å²) in [7, 11) is 0. The van der Waals surface area contributed by atoms with E-state index in [0.717, 1.165) is 15.1 Å². The third-order valence-electron chi connectivity index (χ3n) is 2.66. The van der Waals surface area contributed by atoms with Gasteiger partial charge in [0, 0.05) is 20.4 Å². The lowest BCUT2D eigenvalue weighted by atomic mass is 10.2. The molecule has 1 aromatic carbocycles. The second-order valence-corrected chi connectivity index (χ2v) is 6.11. The Labute approximate surface area is 141 Å². The van der Waals surface area contributed by atoms with Crippen molar-refractivity contribution >= 4 is 44.9 Å². The summed E-state index contributed by atoms with van der Waals surface area (Å²) >= 11 is 4.79. The molecule has 0 aliphatic heterocycles. The smallest absolute Gasteiger partial charge is 0.266 e. The van der Waals surface area contributed by atoms with Gasteiger partial charge in [-0.1, -0.05) is 0 Å². The number of amides is 1. The molecule has 0 atom stereocenters. The normalized spacial score (nSPS) is 10.9. The number of hydrogen-bond acceptors (Lipinski definition) is 4. The first-order valence-corrected chi connectivity index (χ1v) is 8.19. The number of nitrogens with zero attached hydrogens (tertiary/aromatic N) is 1. The zero-order valence-corrected chi connectivity index (χ0v) is 14.2. The van der Waals surface area contributed by atoms with Crippen molar-refractivity contribution in [2.75, 3.05) is 11.9 Å². The molecule has 1 aromatic heterocycles. The van der Waals surface area contributed by atoms with Crippen LogP contribution in [0.5, 0.6) is 5.75 Å². The predicted molar refractivity (Wildman–Crippen MR) is 91.8 cm³/mol. The Bertz CT molecular complexity index is 729. The number of hydrogen-bond donors (Lipinski definition) is 1. The van der Waals surface area contributed by atoms with Gasteiger partial charge in [-0.15, -0.1) is 11.3 Å². The van der Waals surface area contributed by atoms with Gasteiger partial charge in [0.25, 0.3) is 5.91 Å². The quantitative estimate of drug-likeness (QED) is 0.618. The van der Waals surface area contributed by atoms with E-state index in [0.29, 0.717) is 12.3 Å². The fourth-order valence-corrected chi connectivity index (χ4v) is 3.07. The molecule has 2 aromatic rings. The molecule has 0 radical (unpaired) electrons. The van der Waals surface area contributed by atoms with Gasteiger partial charge >= 0.3 is 0 Å². The van der Waals surface area contributed by atoms with Crippen LogP contribution in [0.15, 0.2) is 45.8 Å². The Hall–Kier alpha value is -2.10. The van der Waals surface area contributed by atoms with Crippen molar-refractivity contribution in [3.05, 3.63) is 50.6 Å². The molecular formula is C16H13BrN2O2S. The molecular weight excluding hydrogens is 364 g/mol. The third kappa shape index (κ3) is 4.45. The highest BCUT2D eigenvalue weighted by molar-refractivity contribution is 9.10. The number of rotatable bonds is 5. The van der Waals surface area contributed by atoms with Gasteiger partial charge < -0.3 is 10.1 Å². The van der Waals surface area contributed by atoms with Crippen LogP contribution in [0.3, 0.4) is 0 Å². The fraction of sp³-hybridized carbons (Fsp3) is 0.125. The van der Waals surface area contributed by atoms with E-state index in [1.165, 1.54) is 11.3 Å². The predicted octanol–water partition coefficient (Wildman–Crippen LogP) is 4.45. The molecule has 0 spiro atoms. The first-order chi connectivity index (χ1) is 10.6. The molecule has 0 bridgehead atoms. The monoisotopic (exact) mass is 376 g/mol. The lowest BCUT2D eigenvalue weighted by molar-refractivity contribution is -0.112. The molecule has 1 amide bonds. The Morgan fingerprint density at radius 3 is 2.73 bits per heavy atom. The van der Waals surface area contributed by atoms with E-state index < -0.39 is 5.91 Å². The average molecular weight is 377 g/mol. The van der Waals surface area contributed by atoms with Gasteiger partial charge in [0.05, 0.1) is 6.61 Å². The zero-order chi connectivity index (χ0) is 15.9. The third-order valence-corrected chi connectivity index (χ3v) is 4.30. The maximum atomic E-state index is 12.1. The minimum atomic E-state index is -0.434. The average Bonchev–Trinajstić information content (AvgIpc) is 2.92. The Kier molecular flexibility index (Phi) is 5.75. The van der Waals surface area contributed by atoms with Crippen LogP contribution in [-0.2, 0) is 4.79 Å². The van der Waals surface area contributed by atoms with Crippen LogP contribution < -0.4 is 10.1 Å². The lowest BCUT2D eigenvalue weighted by Gasteiger charge is -2.06. The zero-order valence-electron chi connectivity index (χ0n) is 11.8. The summed E-state index contributed by atoms with van der Waals surface area (Å²) in [4.78, 5) is 13.0. The number of carbonyl (C=O) groups excluding carboxylic acids is 1. The van der Waals surface area contributed by atoms with Gasteiger partial charge in [0.15, 0.2) is 0 Å². The van der Waals surface area contributed by atoms with Gasteiger partial charge in [0.2, 0.25) is 0 Å². The molecule has 2 rings (SSSR count). The Morgan fingerprint density at radius 1 is 1.45 bits per heavy atom. The summed E-state index contributed by atoms with van der Waals surface area (Å²) in [5.74, 6) is 0.302. The summed E-state index contributed by atoms with van der Waals surface area (Å²) in [6.45, 7) is 2.49. The highest BCUT2D eigenvalue weighted by atomic mass is 79.9. The van der Waals surface area contributed by atoms with E-state index in [1.807, 2.05) is 24.4 Å². The minimum Gasteiger partial charge on any atom is -0.494 e. The van der Waals surface area contributed by atoms with Crippen molar-refractivity contribution < 1.29 is 9.53 Å². The first kappa shape index (κ1) is 16.3. The van der Waals surface area contributed by atoms with Crippen LogP contribution in [0.25, 0.3) is 6.08 Å². The van der Waals surface area contributed by atoms with Crippen molar-refractivity contribution in [1.29, 1.82) is 5.26 Å². The van der Waals surface area contributed by atoms with Crippen molar-refractivity contribution in [2.45, 2.75) is 6.92 Å². The highest BCUT2D eigenvalue weighted by Crippen LogP contribution is 2.22. The summed E-state index contributed by atoms with van der Waals surface area (Å²) in [5, 5.41) is 13.7. The number of ether oxygens (including phenoxy) is 1. The van der Waals surface area contributed by atoms with Gasteiger partial charge in [-0.05, 0) is 59.3 Å². The number of nitriles is 1. The second kappa shape index (κ2) is 7.78. The first-order valence-electron chi connectivity index (χ1n) is 6.52. The number of benzene rings is 1. The van der Waals surface area contributed by atoms with Crippen molar-refractivity contribution in [2.24, 2.45) is 0 Å². The molecule has 0 saturated carbocycles. The number of nitrogens with one attached hydrogen (secondary N) is 1. The minimum absolute atomic E-state index is 0.0586. The Morgan fingerprint density at radius 2 is 2.18 bits per heavy atom. The molecule has 0 aliphatic rings. The fourth-order valence-electron chi connectivity index (χ4n) is 1.69. The van der Waals surface area contributed by atoms with E-state index in [-0.39, 0.29) is 5.57 Å². The molecule has 22 heavy (non-hydrogen) atoms. The summed E-state index contributed by atoms with van der Waals surface area (Å²) in [5.41, 5.74) is 0.671. The van der Waals surface area contributed by atoms with Crippen LogP contribution in [-0.4, -0.2) is 12.5 Å². The molecule has 0 aliphatic carbocycles. The van der Waals surface area contributed by atoms with E-state index in [2.05, 4.69) is 21.2 Å². The molecule has 6 heteroatoms. The van der Waals surface area contributed by atoms with Crippen LogP contribution in [0.4, 0.5) is 5.69 Å². The van der Waals surface area contributed by atoms with Crippen LogP contribution in [0, 0.1) is 11.3 Å². The van der Waals surface area contributed by atoms with Gasteiger partial charge in [-0.3, -0.25) is 4.79 Å². The number of thiophene rings is 1. The Balaban J connectivity index is 2.09. The number of anilines is 1. The van der Waals surface area contributed by atoms with Gasteiger partial charge in [-0.2, -0.15) is 5.26 Å². The summed E-state index contributed by atoms with van der Waals surface area (Å²) in [6, 6.07) is 10.8. The lowest BCUT2D eigenvalue weighted by Crippen LogP contribution is -2.13. The van der Waals surface area contributed by atoms with E-state index >= 15 is 0 Å².